The first-order valence-corrected chi connectivity index (χ1v) is 6.19. The van der Waals surface area contributed by atoms with Crippen LogP contribution in [0, 0.1) is 5.82 Å². The fourth-order valence-corrected chi connectivity index (χ4v) is 3.11. The molecule has 3 N–H and O–H groups in total. The van der Waals surface area contributed by atoms with Crippen LogP contribution in [-0.2, 0) is 0 Å². The lowest BCUT2D eigenvalue weighted by molar-refractivity contribution is 0.600. The Kier molecular flexibility index (Phi) is 3.65. The second-order valence-electron chi connectivity index (χ2n) is 3.17. The van der Waals surface area contributed by atoms with Crippen LogP contribution < -0.4 is 11.3 Å². The summed E-state index contributed by atoms with van der Waals surface area (Å²) in [6.07, 6.45) is 2.76. The van der Waals surface area contributed by atoms with E-state index in [1.807, 2.05) is 11.4 Å². The van der Waals surface area contributed by atoms with Gasteiger partial charge in [-0.3, -0.25) is 10.8 Å². The lowest BCUT2D eigenvalue weighted by Crippen LogP contribution is -2.28. The van der Waals surface area contributed by atoms with Crippen molar-refractivity contribution in [1.29, 1.82) is 0 Å². The number of hydrogen-bond acceptors (Lipinski definition) is 4. The quantitative estimate of drug-likeness (QED) is 0.677. The van der Waals surface area contributed by atoms with Gasteiger partial charge in [0.2, 0.25) is 0 Å². The van der Waals surface area contributed by atoms with E-state index in [4.69, 9.17) is 5.84 Å². The Labute approximate surface area is 105 Å². The third-order valence-electron chi connectivity index (χ3n) is 2.13. The molecule has 0 spiro atoms. The fraction of sp³-hybridized carbons (Fsp3) is 0.100. The minimum Gasteiger partial charge on any atom is -0.271 e. The Bertz CT molecular complexity index is 488. The highest BCUT2D eigenvalue weighted by Crippen LogP contribution is 2.32. The molecule has 1 atom stereocenters. The lowest BCUT2D eigenvalue weighted by atomic mass is 10.1. The van der Waals surface area contributed by atoms with Crippen molar-refractivity contribution in [2.75, 3.05) is 0 Å². The van der Waals surface area contributed by atoms with Crippen LogP contribution >= 0.6 is 27.3 Å². The molecule has 0 saturated carbocycles. The molecule has 3 nitrogen and oxygen atoms in total. The largest absolute Gasteiger partial charge is 0.271 e. The van der Waals surface area contributed by atoms with E-state index >= 15 is 0 Å². The maximum Gasteiger partial charge on any atom is 0.141 e. The molecule has 84 valence electrons. The average molecular weight is 302 g/mol. The van der Waals surface area contributed by atoms with Gasteiger partial charge >= 0.3 is 0 Å². The van der Waals surface area contributed by atoms with Crippen LogP contribution in [0.2, 0.25) is 0 Å². The number of pyridine rings is 1. The number of aromatic nitrogens is 1. The van der Waals surface area contributed by atoms with Gasteiger partial charge in [-0.25, -0.2) is 9.82 Å². The van der Waals surface area contributed by atoms with Crippen molar-refractivity contribution < 1.29 is 4.39 Å². The molecular formula is C10H9BrFN3S. The molecule has 16 heavy (non-hydrogen) atoms. The van der Waals surface area contributed by atoms with Gasteiger partial charge < -0.3 is 0 Å². The molecule has 0 fully saturated rings. The van der Waals surface area contributed by atoms with Crippen LogP contribution in [-0.4, -0.2) is 4.98 Å². The van der Waals surface area contributed by atoms with Crippen molar-refractivity contribution in [1.82, 2.24) is 10.4 Å². The maximum atomic E-state index is 13.1. The summed E-state index contributed by atoms with van der Waals surface area (Å²) in [5.41, 5.74) is 3.36. The first-order valence-electron chi connectivity index (χ1n) is 4.52. The number of rotatable bonds is 3. The van der Waals surface area contributed by atoms with Crippen molar-refractivity contribution >= 4 is 27.3 Å². The zero-order valence-corrected chi connectivity index (χ0v) is 10.6. The number of nitrogens with one attached hydrogen (secondary N) is 1. The monoisotopic (exact) mass is 301 g/mol. The van der Waals surface area contributed by atoms with Crippen LogP contribution in [0.3, 0.4) is 0 Å². The van der Waals surface area contributed by atoms with Gasteiger partial charge in [-0.1, -0.05) is 0 Å². The van der Waals surface area contributed by atoms with Crippen molar-refractivity contribution in [2.45, 2.75) is 6.04 Å². The van der Waals surface area contributed by atoms with Gasteiger partial charge in [-0.15, -0.1) is 11.3 Å². The highest BCUT2D eigenvalue weighted by molar-refractivity contribution is 9.10. The van der Waals surface area contributed by atoms with E-state index in [1.165, 1.54) is 12.3 Å². The number of hydrazine groups is 1. The normalized spacial score (nSPS) is 12.7. The van der Waals surface area contributed by atoms with Gasteiger partial charge in [0, 0.05) is 15.5 Å². The van der Waals surface area contributed by atoms with Gasteiger partial charge in [0.1, 0.15) is 5.82 Å². The number of nitrogens with two attached hydrogens (primary N) is 1. The van der Waals surface area contributed by atoms with Gasteiger partial charge in [-0.05, 0) is 39.0 Å². The van der Waals surface area contributed by atoms with Crippen molar-refractivity contribution in [3.8, 4) is 0 Å². The molecule has 0 saturated heterocycles. The predicted molar refractivity (Wildman–Crippen MR) is 65.4 cm³/mol. The topological polar surface area (TPSA) is 50.9 Å². The lowest BCUT2D eigenvalue weighted by Gasteiger charge is -2.15. The smallest absolute Gasteiger partial charge is 0.141 e. The highest BCUT2D eigenvalue weighted by Gasteiger charge is 2.17. The molecule has 2 rings (SSSR count). The third kappa shape index (κ3) is 2.30. The second-order valence-corrected chi connectivity index (χ2v) is 4.97. The molecule has 0 bridgehead atoms. The Morgan fingerprint density at radius 3 is 2.88 bits per heavy atom. The summed E-state index contributed by atoms with van der Waals surface area (Å²) in [4.78, 5) is 4.81. The molecule has 2 aromatic rings. The Morgan fingerprint density at radius 2 is 2.31 bits per heavy atom. The zero-order valence-electron chi connectivity index (χ0n) is 8.15. The zero-order chi connectivity index (χ0) is 11.5. The number of nitrogens with zero attached hydrogens (tertiary/aromatic N) is 1. The van der Waals surface area contributed by atoms with Gasteiger partial charge in [0.05, 0.1) is 12.2 Å². The fourth-order valence-electron chi connectivity index (χ4n) is 1.42. The molecule has 0 radical (unpaired) electrons. The van der Waals surface area contributed by atoms with E-state index in [0.29, 0.717) is 5.56 Å². The Hall–Kier alpha value is -0.820. The molecule has 0 aliphatic rings. The predicted octanol–water partition coefficient (Wildman–Crippen LogP) is 2.60. The summed E-state index contributed by atoms with van der Waals surface area (Å²) in [5, 5.41) is 1.94. The van der Waals surface area contributed by atoms with Crippen LogP contribution in [0.4, 0.5) is 4.39 Å². The van der Waals surface area contributed by atoms with Crippen LogP contribution in [0.15, 0.2) is 34.4 Å². The molecule has 0 aliphatic carbocycles. The molecule has 0 aliphatic heterocycles. The van der Waals surface area contributed by atoms with Gasteiger partial charge in [0.25, 0.3) is 0 Å². The van der Waals surface area contributed by atoms with E-state index in [9.17, 15) is 4.39 Å². The minimum atomic E-state index is -0.370. The third-order valence-corrected chi connectivity index (χ3v) is 4.07. The molecule has 0 amide bonds. The number of halogens is 2. The summed E-state index contributed by atoms with van der Waals surface area (Å²) in [6, 6.07) is 3.10. The van der Waals surface area contributed by atoms with E-state index < -0.39 is 0 Å². The molecule has 2 aromatic heterocycles. The molecule has 6 heteroatoms. The van der Waals surface area contributed by atoms with Crippen LogP contribution in [0.25, 0.3) is 0 Å². The van der Waals surface area contributed by atoms with Crippen molar-refractivity contribution in [3.05, 3.63) is 50.6 Å². The summed E-state index contributed by atoms with van der Waals surface area (Å²) >= 11 is 4.97. The second kappa shape index (κ2) is 5.01. The van der Waals surface area contributed by atoms with Gasteiger partial charge in [-0.2, -0.15) is 0 Å². The highest BCUT2D eigenvalue weighted by atomic mass is 79.9. The summed E-state index contributed by atoms with van der Waals surface area (Å²) in [5.74, 6) is 5.13. The van der Waals surface area contributed by atoms with E-state index in [2.05, 4.69) is 26.3 Å². The molecular weight excluding hydrogens is 293 g/mol. The first kappa shape index (κ1) is 11.7. The maximum absolute atomic E-state index is 13.1. The Morgan fingerprint density at radius 1 is 1.50 bits per heavy atom. The molecule has 2 heterocycles. The first-order chi connectivity index (χ1) is 7.72. The number of hydrogen-bond donors (Lipinski definition) is 2. The van der Waals surface area contributed by atoms with Crippen LogP contribution in [0.5, 0.6) is 0 Å². The molecule has 1 unspecified atom stereocenters. The van der Waals surface area contributed by atoms with E-state index in [0.717, 1.165) is 9.35 Å². The molecule has 0 aromatic carbocycles. The summed E-state index contributed by atoms with van der Waals surface area (Å²) in [6.45, 7) is 0. The minimum absolute atomic E-state index is 0.252. The Balaban J connectivity index is 2.40. The van der Waals surface area contributed by atoms with Crippen molar-refractivity contribution in [2.24, 2.45) is 5.84 Å². The van der Waals surface area contributed by atoms with E-state index in [-0.39, 0.29) is 11.9 Å². The standard InChI is InChI=1S/C10H9BrFN3S/c11-8-1-2-16-10(8)9(15-13)6-3-7(12)5-14-4-6/h1-5,9,15H,13H2. The average Bonchev–Trinajstić information content (AvgIpc) is 2.67. The van der Waals surface area contributed by atoms with Gasteiger partial charge in [0.15, 0.2) is 0 Å². The summed E-state index contributed by atoms with van der Waals surface area (Å²) in [7, 11) is 0. The van der Waals surface area contributed by atoms with Crippen LogP contribution in [0.1, 0.15) is 16.5 Å². The van der Waals surface area contributed by atoms with E-state index in [1.54, 1.807) is 17.5 Å². The van der Waals surface area contributed by atoms with Crippen molar-refractivity contribution in [3.63, 3.8) is 0 Å². The summed E-state index contributed by atoms with van der Waals surface area (Å²) < 4.78 is 14.0. The number of thiophene rings is 1. The SMILES string of the molecule is NNC(c1cncc(F)c1)c1sccc1Br.